The molecule has 2 aromatic rings. The highest BCUT2D eigenvalue weighted by Gasteiger charge is 2.26. The van der Waals surface area contributed by atoms with Crippen molar-refractivity contribution in [2.24, 2.45) is 0 Å². The van der Waals surface area contributed by atoms with Crippen LogP contribution in [-0.2, 0) is 5.60 Å². The molecule has 0 bridgehead atoms. The molecule has 1 aromatic heterocycles. The Bertz CT molecular complexity index is 495. The molecular weight excluding hydrogens is 241 g/mol. The van der Waals surface area contributed by atoms with Crippen molar-refractivity contribution in [3.8, 4) is 0 Å². The van der Waals surface area contributed by atoms with Gasteiger partial charge in [-0.25, -0.2) is 4.39 Å². The van der Waals surface area contributed by atoms with Crippen molar-refractivity contribution >= 4 is 11.6 Å². The van der Waals surface area contributed by atoms with Crippen molar-refractivity contribution in [2.45, 2.75) is 12.5 Å². The predicted octanol–water partition coefficient (Wildman–Crippen LogP) is 3.13. The normalized spacial score (nSPS) is 14.4. The lowest BCUT2D eigenvalue weighted by Crippen LogP contribution is -2.23. The molecule has 17 heavy (non-hydrogen) atoms. The first-order valence-corrected chi connectivity index (χ1v) is 5.47. The Morgan fingerprint density at radius 1 is 1.24 bits per heavy atom. The maximum atomic E-state index is 13.1. The van der Waals surface area contributed by atoms with Crippen LogP contribution in [0.15, 0.2) is 42.7 Å². The number of aliphatic hydroxyl groups is 1. The van der Waals surface area contributed by atoms with Gasteiger partial charge in [-0.05, 0) is 30.7 Å². The van der Waals surface area contributed by atoms with Gasteiger partial charge in [0.2, 0.25) is 0 Å². The second-order valence-electron chi connectivity index (χ2n) is 3.97. The summed E-state index contributed by atoms with van der Waals surface area (Å²) in [6, 6.07) is 8.08. The van der Waals surface area contributed by atoms with Crippen molar-refractivity contribution < 1.29 is 9.50 Å². The number of hydrogen-bond donors (Lipinski definition) is 1. The summed E-state index contributed by atoms with van der Waals surface area (Å²) in [6.07, 6.45) is 2.53. The van der Waals surface area contributed by atoms with E-state index in [0.717, 1.165) is 6.20 Å². The number of rotatable bonds is 2. The van der Waals surface area contributed by atoms with Crippen molar-refractivity contribution in [3.05, 3.63) is 64.7 Å². The van der Waals surface area contributed by atoms with Crippen LogP contribution in [0.3, 0.4) is 0 Å². The molecule has 1 unspecified atom stereocenters. The fourth-order valence-corrected chi connectivity index (χ4v) is 1.83. The van der Waals surface area contributed by atoms with E-state index in [1.54, 1.807) is 31.2 Å². The van der Waals surface area contributed by atoms with Gasteiger partial charge in [-0.1, -0.05) is 23.7 Å². The molecule has 1 heterocycles. The minimum atomic E-state index is -1.32. The van der Waals surface area contributed by atoms with Crippen molar-refractivity contribution in [1.29, 1.82) is 0 Å². The van der Waals surface area contributed by atoms with Crippen LogP contribution in [0.1, 0.15) is 18.1 Å². The Hall–Kier alpha value is -1.45. The van der Waals surface area contributed by atoms with E-state index in [1.807, 2.05) is 0 Å². The van der Waals surface area contributed by atoms with Crippen LogP contribution in [0.2, 0.25) is 5.02 Å². The van der Waals surface area contributed by atoms with E-state index in [1.165, 1.54) is 12.3 Å². The van der Waals surface area contributed by atoms with Crippen LogP contribution in [0.4, 0.5) is 4.39 Å². The Labute approximate surface area is 104 Å². The number of pyridine rings is 1. The largest absolute Gasteiger partial charge is 0.381 e. The lowest BCUT2D eigenvalue weighted by Gasteiger charge is -2.24. The molecule has 0 amide bonds. The van der Waals surface area contributed by atoms with Gasteiger partial charge in [-0.2, -0.15) is 0 Å². The summed E-state index contributed by atoms with van der Waals surface area (Å²) >= 11 is 5.87. The molecular formula is C13H11ClFNO. The summed E-state index contributed by atoms with van der Waals surface area (Å²) in [5, 5.41) is 11.0. The maximum Gasteiger partial charge on any atom is 0.141 e. The molecule has 1 N–H and O–H groups in total. The number of halogens is 2. The highest BCUT2D eigenvalue weighted by Crippen LogP contribution is 2.30. The first-order valence-electron chi connectivity index (χ1n) is 5.09. The SMILES string of the molecule is CC(O)(c1cncc(F)c1)c1cccc(Cl)c1. The summed E-state index contributed by atoms with van der Waals surface area (Å²) in [5.41, 5.74) is -0.336. The molecule has 0 aliphatic carbocycles. The third-order valence-electron chi connectivity index (χ3n) is 2.65. The van der Waals surface area contributed by atoms with Gasteiger partial charge in [0.15, 0.2) is 0 Å². The molecule has 1 atom stereocenters. The third kappa shape index (κ3) is 2.46. The minimum Gasteiger partial charge on any atom is -0.381 e. The van der Waals surface area contributed by atoms with Crippen LogP contribution < -0.4 is 0 Å². The molecule has 1 aromatic carbocycles. The van der Waals surface area contributed by atoms with Crippen LogP contribution in [0, 0.1) is 5.82 Å². The Balaban J connectivity index is 2.49. The Morgan fingerprint density at radius 2 is 2.00 bits per heavy atom. The molecule has 0 aliphatic rings. The first-order chi connectivity index (χ1) is 8.00. The molecule has 0 saturated heterocycles. The summed E-state index contributed by atoms with van der Waals surface area (Å²) in [6.45, 7) is 1.58. The van der Waals surface area contributed by atoms with Crippen LogP contribution in [0.5, 0.6) is 0 Å². The van der Waals surface area contributed by atoms with Gasteiger partial charge in [0.05, 0.1) is 6.20 Å². The van der Waals surface area contributed by atoms with Gasteiger partial charge in [0, 0.05) is 16.8 Å². The summed E-state index contributed by atoms with van der Waals surface area (Å²) < 4.78 is 13.1. The van der Waals surface area contributed by atoms with Crippen LogP contribution in [0.25, 0.3) is 0 Å². The fraction of sp³-hybridized carbons (Fsp3) is 0.154. The Kier molecular flexibility index (Phi) is 3.13. The zero-order valence-corrected chi connectivity index (χ0v) is 9.95. The topological polar surface area (TPSA) is 33.1 Å². The van der Waals surface area contributed by atoms with Gasteiger partial charge in [0.25, 0.3) is 0 Å². The summed E-state index contributed by atoms with van der Waals surface area (Å²) in [5.74, 6) is -0.482. The number of benzene rings is 1. The van der Waals surface area contributed by atoms with Crippen LogP contribution >= 0.6 is 11.6 Å². The average Bonchev–Trinajstić information content (AvgIpc) is 2.29. The molecule has 2 rings (SSSR count). The third-order valence-corrected chi connectivity index (χ3v) is 2.89. The molecule has 88 valence electrons. The monoisotopic (exact) mass is 251 g/mol. The van der Waals surface area contributed by atoms with Crippen LogP contribution in [-0.4, -0.2) is 10.1 Å². The summed E-state index contributed by atoms with van der Waals surface area (Å²) in [7, 11) is 0. The summed E-state index contributed by atoms with van der Waals surface area (Å²) in [4.78, 5) is 3.73. The van der Waals surface area contributed by atoms with Gasteiger partial charge < -0.3 is 5.11 Å². The average molecular weight is 252 g/mol. The lowest BCUT2D eigenvalue weighted by molar-refractivity contribution is 0.101. The number of hydrogen-bond acceptors (Lipinski definition) is 2. The zero-order valence-electron chi connectivity index (χ0n) is 9.19. The Morgan fingerprint density at radius 3 is 2.65 bits per heavy atom. The van der Waals surface area contributed by atoms with Crippen molar-refractivity contribution in [1.82, 2.24) is 4.98 Å². The predicted molar refractivity (Wildman–Crippen MR) is 64.3 cm³/mol. The van der Waals surface area contributed by atoms with E-state index >= 15 is 0 Å². The van der Waals surface area contributed by atoms with E-state index in [-0.39, 0.29) is 0 Å². The van der Waals surface area contributed by atoms with E-state index in [4.69, 9.17) is 11.6 Å². The highest BCUT2D eigenvalue weighted by molar-refractivity contribution is 6.30. The minimum absolute atomic E-state index is 0.389. The standard InChI is InChI=1S/C13H11ClFNO/c1-13(17,9-3-2-4-11(14)5-9)10-6-12(15)8-16-7-10/h2-8,17H,1H3. The first kappa shape index (κ1) is 12.0. The van der Waals surface area contributed by atoms with Gasteiger partial charge >= 0.3 is 0 Å². The molecule has 0 fully saturated rings. The van der Waals surface area contributed by atoms with E-state index in [2.05, 4.69) is 4.98 Å². The highest BCUT2D eigenvalue weighted by atomic mass is 35.5. The molecule has 0 aliphatic heterocycles. The van der Waals surface area contributed by atoms with Crippen molar-refractivity contribution in [3.63, 3.8) is 0 Å². The van der Waals surface area contributed by atoms with Gasteiger partial charge in [-0.3, -0.25) is 4.98 Å². The molecule has 0 saturated carbocycles. The maximum absolute atomic E-state index is 13.1. The van der Waals surface area contributed by atoms with E-state index in [9.17, 15) is 9.50 Å². The van der Waals surface area contributed by atoms with Gasteiger partial charge in [-0.15, -0.1) is 0 Å². The smallest absolute Gasteiger partial charge is 0.141 e. The van der Waals surface area contributed by atoms with Crippen molar-refractivity contribution in [2.75, 3.05) is 0 Å². The second kappa shape index (κ2) is 4.43. The quantitative estimate of drug-likeness (QED) is 0.890. The fourth-order valence-electron chi connectivity index (χ4n) is 1.64. The zero-order chi connectivity index (χ0) is 12.5. The van der Waals surface area contributed by atoms with E-state index in [0.29, 0.717) is 16.1 Å². The second-order valence-corrected chi connectivity index (χ2v) is 4.41. The number of nitrogens with zero attached hydrogens (tertiary/aromatic N) is 1. The van der Waals surface area contributed by atoms with E-state index < -0.39 is 11.4 Å². The molecule has 4 heteroatoms. The molecule has 0 radical (unpaired) electrons. The number of aromatic nitrogens is 1. The molecule has 2 nitrogen and oxygen atoms in total. The van der Waals surface area contributed by atoms with Gasteiger partial charge in [0.1, 0.15) is 11.4 Å². The lowest BCUT2D eigenvalue weighted by atomic mass is 9.89. The molecule has 0 spiro atoms.